The highest BCUT2D eigenvalue weighted by molar-refractivity contribution is 6.06. The van der Waals surface area contributed by atoms with Crippen LogP contribution in [0.3, 0.4) is 0 Å². The van der Waals surface area contributed by atoms with Crippen LogP contribution in [-0.2, 0) is 15.0 Å². The molecule has 8 nitrogen and oxygen atoms in total. The second kappa shape index (κ2) is 7.84. The summed E-state index contributed by atoms with van der Waals surface area (Å²) in [6.07, 6.45) is 2.85. The summed E-state index contributed by atoms with van der Waals surface area (Å²) in [5.74, 6) is -0.525. The van der Waals surface area contributed by atoms with E-state index in [0.29, 0.717) is 17.1 Å². The molecule has 2 aromatic carbocycles. The van der Waals surface area contributed by atoms with Crippen LogP contribution in [0, 0.1) is 11.7 Å². The van der Waals surface area contributed by atoms with E-state index in [9.17, 15) is 14.0 Å². The van der Waals surface area contributed by atoms with Gasteiger partial charge in [-0.3, -0.25) is 9.59 Å². The fraction of sp³-hybridized carbons (Fsp3) is 0.250. The van der Waals surface area contributed by atoms with Crippen LogP contribution in [0.1, 0.15) is 32.3 Å². The smallest absolute Gasteiger partial charge is 0.234 e. The Morgan fingerprint density at radius 1 is 1.12 bits per heavy atom. The molecule has 5 rings (SSSR count). The number of anilines is 6. The first-order valence-corrected chi connectivity index (χ1v) is 10.7. The van der Waals surface area contributed by atoms with Crippen LogP contribution in [0.15, 0.2) is 48.7 Å². The highest BCUT2D eigenvalue weighted by Gasteiger charge is 2.38. The molecule has 0 bridgehead atoms. The molecule has 1 saturated carbocycles. The van der Waals surface area contributed by atoms with Crippen molar-refractivity contribution < 1.29 is 14.0 Å². The van der Waals surface area contributed by atoms with Gasteiger partial charge in [-0.25, -0.2) is 9.37 Å². The molecule has 0 saturated heterocycles. The summed E-state index contributed by atoms with van der Waals surface area (Å²) in [6.45, 7) is 3.71. The van der Waals surface area contributed by atoms with Gasteiger partial charge in [0.1, 0.15) is 0 Å². The van der Waals surface area contributed by atoms with Crippen LogP contribution in [-0.4, -0.2) is 21.8 Å². The van der Waals surface area contributed by atoms with Crippen LogP contribution in [0.5, 0.6) is 0 Å². The topological polar surface area (TPSA) is 108 Å². The summed E-state index contributed by atoms with van der Waals surface area (Å²) in [7, 11) is 0. The predicted molar refractivity (Wildman–Crippen MR) is 124 cm³/mol. The maximum Gasteiger partial charge on any atom is 0.234 e. The largest absolute Gasteiger partial charge is 0.336 e. The number of carbonyl (C=O) groups excluding carboxylic acids is 2. The molecule has 1 aliphatic heterocycles. The minimum Gasteiger partial charge on any atom is -0.336 e. The van der Waals surface area contributed by atoms with Crippen LogP contribution >= 0.6 is 0 Å². The summed E-state index contributed by atoms with van der Waals surface area (Å²) < 4.78 is 14.5. The monoisotopic (exact) mass is 446 g/mol. The number of halogens is 1. The summed E-state index contributed by atoms with van der Waals surface area (Å²) in [6, 6.07) is 12.5. The van der Waals surface area contributed by atoms with Crippen molar-refractivity contribution in [3.05, 3.63) is 60.0 Å². The zero-order chi connectivity index (χ0) is 23.2. The first kappa shape index (κ1) is 20.9. The number of amides is 2. The Morgan fingerprint density at radius 3 is 2.64 bits per heavy atom. The first-order chi connectivity index (χ1) is 15.8. The lowest BCUT2D eigenvalue weighted by molar-refractivity contribution is -0.119. The van der Waals surface area contributed by atoms with Gasteiger partial charge < -0.3 is 21.3 Å². The van der Waals surface area contributed by atoms with Crippen molar-refractivity contribution in [3.8, 4) is 0 Å². The van der Waals surface area contributed by atoms with Crippen molar-refractivity contribution in [2.75, 3.05) is 21.3 Å². The van der Waals surface area contributed by atoms with E-state index >= 15 is 0 Å². The average Bonchev–Trinajstić information content (AvgIpc) is 3.61. The van der Waals surface area contributed by atoms with Crippen LogP contribution < -0.4 is 21.3 Å². The number of para-hydroxylation sites is 2. The minimum atomic E-state index is -0.655. The van der Waals surface area contributed by atoms with Gasteiger partial charge in [-0.1, -0.05) is 12.1 Å². The normalized spacial score (nSPS) is 16.0. The molecule has 4 N–H and O–H groups in total. The Morgan fingerprint density at radius 2 is 1.88 bits per heavy atom. The minimum absolute atomic E-state index is 0.0287. The Hall–Kier alpha value is -4.01. The number of aromatic nitrogens is 2. The third-order valence-electron chi connectivity index (χ3n) is 5.90. The summed E-state index contributed by atoms with van der Waals surface area (Å²) in [4.78, 5) is 32.7. The van der Waals surface area contributed by atoms with Gasteiger partial charge in [0.05, 0.1) is 23.0 Å². The molecule has 2 heterocycles. The Kier molecular flexibility index (Phi) is 4.96. The molecule has 0 unspecified atom stereocenters. The van der Waals surface area contributed by atoms with Gasteiger partial charge in [-0.2, -0.15) is 4.98 Å². The third kappa shape index (κ3) is 4.09. The van der Waals surface area contributed by atoms with Crippen molar-refractivity contribution in [2.24, 2.45) is 5.92 Å². The Labute approximate surface area is 190 Å². The van der Waals surface area contributed by atoms with E-state index < -0.39 is 11.2 Å². The summed E-state index contributed by atoms with van der Waals surface area (Å²) >= 11 is 0. The van der Waals surface area contributed by atoms with Gasteiger partial charge in [-0.05, 0) is 62.6 Å². The molecule has 0 spiro atoms. The molecule has 0 radical (unpaired) electrons. The molecule has 2 aliphatic rings. The van der Waals surface area contributed by atoms with Crippen molar-refractivity contribution in [1.29, 1.82) is 0 Å². The van der Waals surface area contributed by atoms with Gasteiger partial charge in [-0.15, -0.1) is 0 Å². The highest BCUT2D eigenvalue weighted by Crippen LogP contribution is 2.39. The van der Waals surface area contributed by atoms with E-state index in [1.54, 1.807) is 30.3 Å². The number of nitrogens with zero attached hydrogens (tertiary/aromatic N) is 2. The summed E-state index contributed by atoms with van der Waals surface area (Å²) in [5, 5.41) is 11.8. The quantitative estimate of drug-likeness (QED) is 0.438. The average molecular weight is 446 g/mol. The van der Waals surface area contributed by atoms with E-state index in [-0.39, 0.29) is 29.5 Å². The molecule has 168 valence electrons. The molecule has 33 heavy (non-hydrogen) atoms. The molecule has 9 heteroatoms. The molecule has 1 aromatic heterocycles. The van der Waals surface area contributed by atoms with E-state index in [1.165, 1.54) is 0 Å². The second-order valence-electron chi connectivity index (χ2n) is 8.79. The van der Waals surface area contributed by atoms with E-state index in [4.69, 9.17) is 0 Å². The van der Waals surface area contributed by atoms with Crippen molar-refractivity contribution in [1.82, 2.24) is 9.97 Å². The molecular formula is C24H23FN6O2. The molecule has 0 atom stereocenters. The van der Waals surface area contributed by atoms with Gasteiger partial charge in [0.25, 0.3) is 0 Å². The standard InChI is InChI=1S/C24H23FN6O2/c1-24(2)15-11-14(9-10-17(15)30-22(24)33)27-23-26-12-16(25)20(31-23)28-18-5-3-4-6-19(18)29-21(32)13-7-8-13/h3-6,9-13H,7-8H2,1-2H3,(H,29,32)(H,30,33)(H2,26,27,28,31). The number of rotatable bonds is 6. The van der Waals surface area contributed by atoms with Crippen LogP contribution in [0.2, 0.25) is 0 Å². The fourth-order valence-electron chi connectivity index (χ4n) is 3.70. The third-order valence-corrected chi connectivity index (χ3v) is 5.90. The zero-order valence-corrected chi connectivity index (χ0v) is 18.2. The van der Waals surface area contributed by atoms with E-state index in [2.05, 4.69) is 31.2 Å². The van der Waals surface area contributed by atoms with Gasteiger partial charge in [0.2, 0.25) is 17.8 Å². The lowest BCUT2D eigenvalue weighted by Crippen LogP contribution is -2.26. The number of fused-ring (bicyclic) bond motifs is 1. The Balaban J connectivity index is 1.38. The van der Waals surface area contributed by atoms with Crippen molar-refractivity contribution in [3.63, 3.8) is 0 Å². The van der Waals surface area contributed by atoms with Crippen molar-refractivity contribution in [2.45, 2.75) is 32.1 Å². The number of benzene rings is 2. The van der Waals surface area contributed by atoms with Gasteiger partial charge in [0.15, 0.2) is 11.6 Å². The highest BCUT2D eigenvalue weighted by atomic mass is 19.1. The molecule has 3 aromatic rings. The maximum atomic E-state index is 14.5. The number of hydrogen-bond donors (Lipinski definition) is 4. The number of hydrogen-bond acceptors (Lipinski definition) is 6. The molecular weight excluding hydrogens is 423 g/mol. The first-order valence-electron chi connectivity index (χ1n) is 10.7. The van der Waals surface area contributed by atoms with Gasteiger partial charge in [0, 0.05) is 17.3 Å². The SMILES string of the molecule is CC1(C)C(=O)Nc2ccc(Nc3ncc(F)c(Nc4ccccc4NC(=O)C4CC4)n3)cc21. The lowest BCUT2D eigenvalue weighted by atomic mass is 9.86. The fourth-order valence-corrected chi connectivity index (χ4v) is 3.70. The van der Waals surface area contributed by atoms with Crippen LogP contribution in [0.25, 0.3) is 0 Å². The van der Waals surface area contributed by atoms with Gasteiger partial charge >= 0.3 is 0 Å². The lowest BCUT2D eigenvalue weighted by Gasteiger charge is -2.16. The van der Waals surface area contributed by atoms with Crippen molar-refractivity contribution >= 4 is 46.3 Å². The molecule has 1 aliphatic carbocycles. The number of nitrogens with one attached hydrogen (secondary N) is 4. The molecule has 1 fully saturated rings. The molecule has 2 amide bonds. The second-order valence-corrected chi connectivity index (χ2v) is 8.79. The maximum absolute atomic E-state index is 14.5. The number of carbonyl (C=O) groups is 2. The van der Waals surface area contributed by atoms with Crippen LogP contribution in [0.4, 0.5) is 38.9 Å². The zero-order valence-electron chi connectivity index (χ0n) is 18.2. The predicted octanol–water partition coefficient (Wildman–Crippen LogP) is 4.68. The summed E-state index contributed by atoms with van der Waals surface area (Å²) in [5.41, 5.74) is 2.73. The van der Waals surface area contributed by atoms with E-state index in [1.807, 2.05) is 26.0 Å². The van der Waals surface area contributed by atoms with E-state index in [0.717, 1.165) is 30.3 Å². The Bertz CT molecular complexity index is 1270.